The average molecular weight is 282 g/mol. The van der Waals surface area contributed by atoms with Crippen LogP contribution in [0, 0.1) is 0 Å². The molecule has 0 fully saturated rings. The topological polar surface area (TPSA) is 87.1 Å². The summed E-state index contributed by atoms with van der Waals surface area (Å²) in [5.74, 6) is -0.643. The molecule has 0 aliphatic rings. The minimum absolute atomic E-state index is 0.0184. The number of carbonyl (C=O) groups excluding carboxylic acids is 1. The van der Waals surface area contributed by atoms with Crippen LogP contribution in [0.15, 0.2) is 5.11 Å². The summed E-state index contributed by atoms with van der Waals surface area (Å²) in [5, 5.41) is 6.03. The number of esters is 1. The number of halogens is 3. The van der Waals surface area contributed by atoms with Gasteiger partial charge in [0.1, 0.15) is 5.54 Å². The Balaban J connectivity index is 4.42. The van der Waals surface area contributed by atoms with Crippen LogP contribution in [0.1, 0.15) is 26.2 Å². The van der Waals surface area contributed by atoms with Crippen molar-refractivity contribution in [2.24, 2.45) is 5.11 Å². The van der Waals surface area contributed by atoms with E-state index in [1.807, 2.05) is 0 Å². The van der Waals surface area contributed by atoms with E-state index in [-0.39, 0.29) is 25.9 Å². The molecule has 0 saturated heterocycles. The summed E-state index contributed by atoms with van der Waals surface area (Å²) in [6.07, 6.45) is -5.42. The zero-order valence-electron chi connectivity index (χ0n) is 10.8. The first kappa shape index (κ1) is 17.5. The summed E-state index contributed by atoms with van der Waals surface area (Å²) < 4.78 is 40.8. The molecule has 1 N–H and O–H groups in total. The second-order valence-corrected chi connectivity index (χ2v) is 4.17. The Kier molecular flexibility index (Phi) is 7.25. The van der Waals surface area contributed by atoms with Gasteiger partial charge in [-0.05, 0) is 25.3 Å². The lowest BCUT2D eigenvalue weighted by Crippen LogP contribution is -2.51. The molecule has 0 aliphatic carbocycles. The van der Waals surface area contributed by atoms with Gasteiger partial charge >= 0.3 is 12.1 Å². The Hall–Kier alpha value is -1.47. The van der Waals surface area contributed by atoms with Gasteiger partial charge in [0.25, 0.3) is 0 Å². The van der Waals surface area contributed by atoms with Crippen molar-refractivity contribution in [3.8, 4) is 0 Å². The Morgan fingerprint density at radius 2 is 2.05 bits per heavy atom. The highest BCUT2D eigenvalue weighted by atomic mass is 19.4. The van der Waals surface area contributed by atoms with Crippen LogP contribution in [-0.4, -0.2) is 37.9 Å². The Labute approximate surface area is 108 Å². The second-order valence-electron chi connectivity index (χ2n) is 4.17. The zero-order chi connectivity index (χ0) is 14.9. The average Bonchev–Trinajstić information content (AvgIpc) is 2.32. The third-order valence-electron chi connectivity index (χ3n) is 2.56. The minimum Gasteiger partial charge on any atom is -0.468 e. The minimum atomic E-state index is -4.25. The highest BCUT2D eigenvalue weighted by Crippen LogP contribution is 2.25. The van der Waals surface area contributed by atoms with E-state index in [1.54, 1.807) is 0 Å². The van der Waals surface area contributed by atoms with Crippen LogP contribution in [0.4, 0.5) is 13.2 Å². The van der Waals surface area contributed by atoms with Gasteiger partial charge in [-0.3, -0.25) is 4.79 Å². The molecule has 0 spiro atoms. The summed E-state index contributed by atoms with van der Waals surface area (Å²) in [4.78, 5) is 14.1. The SMILES string of the molecule is COC(=O)C(C)(CCCC(F)(F)F)NCCN=[N+]=[N-]. The van der Waals surface area contributed by atoms with Crippen LogP contribution in [0.3, 0.4) is 0 Å². The maximum Gasteiger partial charge on any atom is 0.389 e. The highest BCUT2D eigenvalue weighted by molar-refractivity contribution is 5.80. The lowest BCUT2D eigenvalue weighted by atomic mass is 9.94. The van der Waals surface area contributed by atoms with Crippen LogP contribution in [0.5, 0.6) is 0 Å². The maximum atomic E-state index is 12.1. The van der Waals surface area contributed by atoms with Crippen LogP contribution < -0.4 is 5.32 Å². The molecule has 1 atom stereocenters. The molecule has 0 bridgehead atoms. The molecule has 1 unspecified atom stereocenters. The fraction of sp³-hybridized carbons (Fsp3) is 0.900. The summed E-state index contributed by atoms with van der Waals surface area (Å²) >= 11 is 0. The van der Waals surface area contributed by atoms with Crippen molar-refractivity contribution in [3.05, 3.63) is 10.4 Å². The van der Waals surface area contributed by atoms with Gasteiger partial charge in [-0.15, -0.1) is 0 Å². The standard InChI is InChI=1S/C10H17F3N4O2/c1-9(8(18)19-2,15-6-7-16-17-14)4-3-5-10(11,12)13/h15H,3-7H2,1-2H3. The van der Waals surface area contributed by atoms with Crippen molar-refractivity contribution < 1.29 is 22.7 Å². The summed E-state index contributed by atoms with van der Waals surface area (Å²) in [5.41, 5.74) is 6.88. The molecular weight excluding hydrogens is 265 g/mol. The van der Waals surface area contributed by atoms with Gasteiger partial charge in [0.2, 0.25) is 0 Å². The first-order chi connectivity index (χ1) is 8.75. The molecule has 0 aromatic rings. The number of hydrogen-bond acceptors (Lipinski definition) is 4. The van der Waals surface area contributed by atoms with Gasteiger partial charge in [0.05, 0.1) is 7.11 Å². The first-order valence-electron chi connectivity index (χ1n) is 5.66. The van der Waals surface area contributed by atoms with Gasteiger partial charge in [-0.1, -0.05) is 5.11 Å². The smallest absolute Gasteiger partial charge is 0.389 e. The van der Waals surface area contributed by atoms with E-state index in [0.29, 0.717) is 0 Å². The van der Waals surface area contributed by atoms with Crippen molar-refractivity contribution in [2.75, 3.05) is 20.2 Å². The molecular formula is C10H17F3N4O2. The van der Waals surface area contributed by atoms with Crippen molar-refractivity contribution in [3.63, 3.8) is 0 Å². The van der Waals surface area contributed by atoms with Crippen LogP contribution >= 0.6 is 0 Å². The number of methoxy groups -OCH3 is 1. The van der Waals surface area contributed by atoms with Gasteiger partial charge in [0.15, 0.2) is 0 Å². The van der Waals surface area contributed by atoms with Crippen LogP contribution in [0.2, 0.25) is 0 Å². The van der Waals surface area contributed by atoms with E-state index in [9.17, 15) is 18.0 Å². The second kappa shape index (κ2) is 7.85. The van der Waals surface area contributed by atoms with E-state index in [0.717, 1.165) is 0 Å². The van der Waals surface area contributed by atoms with Crippen molar-refractivity contribution in [1.29, 1.82) is 0 Å². The molecule has 0 aromatic heterocycles. The molecule has 0 aromatic carbocycles. The van der Waals surface area contributed by atoms with Crippen molar-refractivity contribution in [1.82, 2.24) is 5.32 Å². The Bertz CT molecular complexity index is 342. The predicted octanol–water partition coefficient (Wildman–Crippen LogP) is 2.55. The third-order valence-corrected chi connectivity index (χ3v) is 2.56. The molecule has 6 nitrogen and oxygen atoms in total. The quantitative estimate of drug-likeness (QED) is 0.244. The fourth-order valence-corrected chi connectivity index (χ4v) is 1.56. The number of nitrogens with zero attached hydrogens (tertiary/aromatic N) is 3. The first-order valence-corrected chi connectivity index (χ1v) is 5.66. The molecule has 0 aliphatic heterocycles. The molecule has 0 radical (unpaired) electrons. The summed E-state index contributed by atoms with van der Waals surface area (Å²) in [7, 11) is 1.17. The largest absolute Gasteiger partial charge is 0.468 e. The van der Waals surface area contributed by atoms with E-state index < -0.39 is 24.1 Å². The molecule has 0 rings (SSSR count). The predicted molar refractivity (Wildman–Crippen MR) is 62.3 cm³/mol. The molecule has 9 heteroatoms. The van der Waals surface area contributed by atoms with Gasteiger partial charge < -0.3 is 10.1 Å². The van der Waals surface area contributed by atoms with E-state index >= 15 is 0 Å². The zero-order valence-corrected chi connectivity index (χ0v) is 10.8. The molecule has 19 heavy (non-hydrogen) atoms. The van der Waals surface area contributed by atoms with Gasteiger partial charge in [-0.2, -0.15) is 13.2 Å². The van der Waals surface area contributed by atoms with Gasteiger partial charge in [0, 0.05) is 24.4 Å². The third kappa shape index (κ3) is 7.53. The number of rotatable bonds is 8. The summed E-state index contributed by atoms with van der Waals surface area (Å²) in [6.45, 7) is 1.75. The van der Waals surface area contributed by atoms with Crippen molar-refractivity contribution >= 4 is 5.97 Å². The lowest BCUT2D eigenvalue weighted by molar-refractivity contribution is -0.150. The van der Waals surface area contributed by atoms with Crippen LogP contribution in [-0.2, 0) is 9.53 Å². The van der Waals surface area contributed by atoms with Crippen LogP contribution in [0.25, 0.3) is 10.4 Å². The highest BCUT2D eigenvalue weighted by Gasteiger charge is 2.35. The fourth-order valence-electron chi connectivity index (χ4n) is 1.56. The Morgan fingerprint density at radius 1 is 1.42 bits per heavy atom. The molecule has 0 amide bonds. The maximum absolute atomic E-state index is 12.1. The van der Waals surface area contributed by atoms with Crippen molar-refractivity contribution in [2.45, 2.75) is 37.9 Å². The Morgan fingerprint density at radius 3 is 2.53 bits per heavy atom. The van der Waals surface area contributed by atoms with Gasteiger partial charge in [-0.25, -0.2) is 0 Å². The molecule has 0 saturated carbocycles. The number of nitrogens with one attached hydrogen (secondary N) is 1. The number of alkyl halides is 3. The summed E-state index contributed by atoms with van der Waals surface area (Å²) in [6, 6.07) is 0. The van der Waals surface area contributed by atoms with E-state index in [2.05, 4.69) is 20.1 Å². The number of ether oxygens (including phenoxy) is 1. The number of azide groups is 1. The molecule has 110 valence electrons. The number of carbonyl (C=O) groups is 1. The number of hydrogen-bond donors (Lipinski definition) is 1. The monoisotopic (exact) mass is 282 g/mol. The van der Waals surface area contributed by atoms with E-state index in [1.165, 1.54) is 14.0 Å². The normalized spacial score (nSPS) is 14.4. The molecule has 0 heterocycles. The van der Waals surface area contributed by atoms with E-state index in [4.69, 9.17) is 5.53 Å². The lowest BCUT2D eigenvalue weighted by Gasteiger charge is -2.28.